The molecule has 1 N–H and O–H groups in total. The molecule has 0 spiro atoms. The van der Waals surface area contributed by atoms with Gasteiger partial charge in [0.05, 0.1) is 5.75 Å². The van der Waals surface area contributed by atoms with Crippen molar-refractivity contribution >= 4 is 39.3 Å². The zero-order valence-corrected chi connectivity index (χ0v) is 21.8. The number of aryl methyl sites for hydroxylation is 3. The molecule has 8 heteroatoms. The molecule has 0 unspecified atom stereocenters. The average Bonchev–Trinajstić information content (AvgIpc) is 3.28. The van der Waals surface area contributed by atoms with Gasteiger partial charge in [0.25, 0.3) is 0 Å². The maximum absolute atomic E-state index is 12.9. The fourth-order valence-electron chi connectivity index (χ4n) is 3.74. The molecule has 2 heterocycles. The molecule has 174 valence electrons. The van der Waals surface area contributed by atoms with Crippen molar-refractivity contribution in [2.45, 2.75) is 38.8 Å². The Labute approximate surface area is 212 Å². The van der Waals surface area contributed by atoms with E-state index < -0.39 is 0 Å². The van der Waals surface area contributed by atoms with Gasteiger partial charge < -0.3 is 5.32 Å². The van der Waals surface area contributed by atoms with E-state index in [-0.39, 0.29) is 11.7 Å². The van der Waals surface area contributed by atoms with E-state index in [0.717, 1.165) is 45.4 Å². The minimum absolute atomic E-state index is 0.0773. The Bertz CT molecular complexity index is 1290. The van der Waals surface area contributed by atoms with Crippen LogP contribution in [0.1, 0.15) is 30.5 Å². The Balaban J connectivity index is 1.60. The molecule has 4 aromatic rings. The molecular formula is C26H26BrN5OS. The van der Waals surface area contributed by atoms with Gasteiger partial charge in [-0.3, -0.25) is 14.3 Å². The van der Waals surface area contributed by atoms with Crippen LogP contribution in [0.25, 0.3) is 17.1 Å². The zero-order chi connectivity index (χ0) is 24.1. The number of nitrogens with zero attached hydrogens (tertiary/aromatic N) is 4. The van der Waals surface area contributed by atoms with Crippen molar-refractivity contribution in [3.8, 4) is 17.1 Å². The number of amides is 1. The monoisotopic (exact) mass is 535 g/mol. The molecule has 2 aromatic heterocycles. The smallest absolute Gasteiger partial charge is 0.234 e. The van der Waals surface area contributed by atoms with Crippen molar-refractivity contribution in [3.05, 3.63) is 82.1 Å². The highest BCUT2D eigenvalue weighted by Gasteiger charge is 2.18. The van der Waals surface area contributed by atoms with Crippen LogP contribution >= 0.6 is 27.7 Å². The third kappa shape index (κ3) is 5.39. The number of rotatable bonds is 8. The molecule has 1 amide bonds. The van der Waals surface area contributed by atoms with Gasteiger partial charge in [-0.05, 0) is 72.9 Å². The highest BCUT2D eigenvalue weighted by molar-refractivity contribution is 9.10. The first-order valence-corrected chi connectivity index (χ1v) is 12.9. The molecule has 4 rings (SSSR count). The van der Waals surface area contributed by atoms with Gasteiger partial charge in [-0.2, -0.15) is 0 Å². The van der Waals surface area contributed by atoms with E-state index in [1.54, 1.807) is 12.4 Å². The maximum Gasteiger partial charge on any atom is 0.234 e. The summed E-state index contributed by atoms with van der Waals surface area (Å²) in [6.07, 6.45) is 5.28. The molecule has 0 aliphatic carbocycles. The van der Waals surface area contributed by atoms with Crippen LogP contribution in [-0.2, 0) is 17.6 Å². The summed E-state index contributed by atoms with van der Waals surface area (Å²) in [6, 6.07) is 16.2. The first-order valence-electron chi connectivity index (χ1n) is 11.2. The molecule has 0 radical (unpaired) electrons. The van der Waals surface area contributed by atoms with Crippen molar-refractivity contribution in [1.29, 1.82) is 0 Å². The summed E-state index contributed by atoms with van der Waals surface area (Å²) >= 11 is 4.91. The van der Waals surface area contributed by atoms with E-state index in [0.29, 0.717) is 11.0 Å². The molecule has 34 heavy (non-hydrogen) atoms. The Morgan fingerprint density at radius 3 is 2.44 bits per heavy atom. The Morgan fingerprint density at radius 1 is 1.03 bits per heavy atom. The lowest BCUT2D eigenvalue weighted by Crippen LogP contribution is -2.16. The van der Waals surface area contributed by atoms with Crippen LogP contribution in [0.15, 0.2) is 70.6 Å². The lowest BCUT2D eigenvalue weighted by Gasteiger charge is -2.14. The molecule has 0 aliphatic rings. The van der Waals surface area contributed by atoms with Gasteiger partial charge in [0.15, 0.2) is 11.0 Å². The Hall–Kier alpha value is -2.97. The third-order valence-electron chi connectivity index (χ3n) is 5.53. The summed E-state index contributed by atoms with van der Waals surface area (Å²) < 4.78 is 3.01. The van der Waals surface area contributed by atoms with E-state index in [4.69, 9.17) is 0 Å². The van der Waals surface area contributed by atoms with Crippen LogP contribution in [0.3, 0.4) is 0 Å². The Kier molecular flexibility index (Phi) is 7.80. The molecule has 0 aliphatic heterocycles. The molecular weight excluding hydrogens is 510 g/mol. The quantitative estimate of drug-likeness (QED) is 0.269. The predicted molar refractivity (Wildman–Crippen MR) is 142 cm³/mol. The summed E-state index contributed by atoms with van der Waals surface area (Å²) in [6.45, 7) is 6.22. The van der Waals surface area contributed by atoms with Crippen LogP contribution in [0.2, 0.25) is 0 Å². The first-order chi connectivity index (χ1) is 16.5. The van der Waals surface area contributed by atoms with Crippen LogP contribution in [0, 0.1) is 6.92 Å². The topological polar surface area (TPSA) is 72.7 Å². The molecule has 0 fully saturated rings. The number of hydrogen-bond donors (Lipinski definition) is 1. The van der Waals surface area contributed by atoms with Crippen molar-refractivity contribution in [2.75, 3.05) is 11.1 Å². The number of benzene rings is 2. The SMILES string of the molecule is CCc1ccc(-n2c(SCC(=O)Nc3c(C)cc(Br)cc3CC)nnc2-c2ccncc2)cc1. The van der Waals surface area contributed by atoms with Crippen molar-refractivity contribution in [3.63, 3.8) is 0 Å². The molecule has 0 saturated heterocycles. The van der Waals surface area contributed by atoms with Gasteiger partial charge in [-0.1, -0.05) is 53.7 Å². The Morgan fingerprint density at radius 2 is 1.76 bits per heavy atom. The zero-order valence-electron chi connectivity index (χ0n) is 19.4. The number of hydrogen-bond acceptors (Lipinski definition) is 5. The summed E-state index contributed by atoms with van der Waals surface area (Å²) in [5.41, 5.74) is 6.14. The van der Waals surface area contributed by atoms with Crippen molar-refractivity contribution < 1.29 is 4.79 Å². The number of aromatic nitrogens is 4. The minimum Gasteiger partial charge on any atom is -0.325 e. The molecule has 0 atom stereocenters. The van der Waals surface area contributed by atoms with Crippen LogP contribution in [0.4, 0.5) is 5.69 Å². The van der Waals surface area contributed by atoms with Crippen molar-refractivity contribution in [1.82, 2.24) is 19.7 Å². The van der Waals surface area contributed by atoms with E-state index in [2.05, 4.69) is 74.5 Å². The van der Waals surface area contributed by atoms with E-state index in [9.17, 15) is 4.79 Å². The maximum atomic E-state index is 12.9. The number of nitrogens with one attached hydrogen (secondary N) is 1. The minimum atomic E-state index is -0.0773. The number of halogens is 1. The summed E-state index contributed by atoms with van der Waals surface area (Å²) in [4.78, 5) is 17.0. The fraction of sp³-hybridized carbons (Fsp3) is 0.231. The second-order valence-electron chi connectivity index (χ2n) is 7.84. The highest BCUT2D eigenvalue weighted by atomic mass is 79.9. The summed E-state index contributed by atoms with van der Waals surface area (Å²) in [5.74, 6) is 0.859. The largest absolute Gasteiger partial charge is 0.325 e. The van der Waals surface area contributed by atoms with Gasteiger partial charge in [0.1, 0.15) is 0 Å². The second-order valence-corrected chi connectivity index (χ2v) is 9.70. The van der Waals surface area contributed by atoms with Gasteiger partial charge in [0.2, 0.25) is 5.91 Å². The molecule has 0 bridgehead atoms. The molecule has 6 nitrogen and oxygen atoms in total. The van der Waals surface area contributed by atoms with Gasteiger partial charge >= 0.3 is 0 Å². The number of anilines is 1. The van der Waals surface area contributed by atoms with Gasteiger partial charge in [0, 0.05) is 33.8 Å². The first kappa shape index (κ1) is 24.2. The normalized spacial score (nSPS) is 10.9. The van der Waals surface area contributed by atoms with Gasteiger partial charge in [-0.15, -0.1) is 10.2 Å². The number of pyridine rings is 1. The third-order valence-corrected chi connectivity index (χ3v) is 6.92. The van der Waals surface area contributed by atoms with Crippen LogP contribution in [-0.4, -0.2) is 31.4 Å². The van der Waals surface area contributed by atoms with Gasteiger partial charge in [-0.25, -0.2) is 0 Å². The summed E-state index contributed by atoms with van der Waals surface area (Å²) in [5, 5.41) is 12.6. The molecule has 2 aromatic carbocycles. The summed E-state index contributed by atoms with van der Waals surface area (Å²) in [7, 11) is 0. The van der Waals surface area contributed by atoms with E-state index >= 15 is 0 Å². The second kappa shape index (κ2) is 11.0. The lowest BCUT2D eigenvalue weighted by atomic mass is 10.1. The lowest BCUT2D eigenvalue weighted by molar-refractivity contribution is -0.113. The number of thioether (sulfide) groups is 1. The van der Waals surface area contributed by atoms with E-state index in [1.165, 1.54) is 17.3 Å². The average molecular weight is 536 g/mol. The fourth-order valence-corrected chi connectivity index (χ4v) is 5.11. The number of carbonyl (C=O) groups is 1. The number of carbonyl (C=O) groups excluding carboxylic acids is 1. The van der Waals surface area contributed by atoms with Crippen LogP contribution in [0.5, 0.6) is 0 Å². The predicted octanol–water partition coefficient (Wildman–Crippen LogP) is 6.26. The standard InChI is InChI=1S/C26H26BrN5OS/c1-4-18-6-8-22(9-7-18)32-25(20-10-12-28-13-11-20)30-31-26(32)34-16-23(33)29-24-17(3)14-21(27)15-19(24)5-2/h6-15H,4-5,16H2,1-3H3,(H,29,33). The van der Waals surface area contributed by atoms with Crippen molar-refractivity contribution in [2.24, 2.45) is 0 Å². The molecule has 0 saturated carbocycles. The highest BCUT2D eigenvalue weighted by Crippen LogP contribution is 2.29. The van der Waals surface area contributed by atoms with E-state index in [1.807, 2.05) is 35.8 Å². The van der Waals surface area contributed by atoms with Crippen LogP contribution < -0.4 is 5.32 Å².